The second-order valence-corrected chi connectivity index (χ2v) is 2.90. The molecule has 0 saturated carbocycles. The van der Waals surface area contributed by atoms with Gasteiger partial charge in [-0.15, -0.1) is 0 Å². The summed E-state index contributed by atoms with van der Waals surface area (Å²) in [6.45, 7) is 0. The van der Waals surface area contributed by atoms with Gasteiger partial charge in [-0.2, -0.15) is 0 Å². The summed E-state index contributed by atoms with van der Waals surface area (Å²) < 4.78 is 0. The molecule has 0 aromatic heterocycles. The minimum absolute atomic E-state index is 0.100. The topological polar surface area (TPSA) is 54.4 Å². The molecule has 0 spiro atoms. The normalized spacial score (nSPS) is 20.2. The lowest BCUT2D eigenvalue weighted by Gasteiger charge is -2.12. The van der Waals surface area contributed by atoms with Gasteiger partial charge in [0.1, 0.15) is 0 Å². The second-order valence-electron chi connectivity index (χ2n) is 2.90. The van der Waals surface area contributed by atoms with Gasteiger partial charge in [0, 0.05) is 11.8 Å². The molecule has 1 atom stereocenters. The van der Waals surface area contributed by atoms with Gasteiger partial charge in [-0.1, -0.05) is 12.2 Å². The van der Waals surface area contributed by atoms with Crippen molar-refractivity contribution in [1.82, 2.24) is 0 Å². The molecule has 0 aromatic carbocycles. The maximum Gasteiger partial charge on any atom is 0.382 e. The number of carbonyl (C=O) groups excluding carboxylic acids is 1. The molecule has 0 fully saturated rings. The number of hydrogen-bond donors (Lipinski definition) is 1. The molecule has 0 aromatic rings. The number of carboxylic acid groups (broad SMARTS) is 1. The predicted octanol–water partition coefficient (Wildman–Crippen LogP) is 1.000. The maximum absolute atomic E-state index is 11.2. The second kappa shape index (κ2) is 4.46. The van der Waals surface area contributed by atoms with Crippen molar-refractivity contribution in [2.75, 3.05) is 0 Å². The third-order valence-electron chi connectivity index (χ3n) is 1.93. The molecule has 0 heterocycles. The third kappa shape index (κ3) is 3.12. The summed E-state index contributed by atoms with van der Waals surface area (Å²) in [7, 11) is 0. The minimum Gasteiger partial charge on any atom is -0.472 e. The highest BCUT2D eigenvalue weighted by molar-refractivity contribution is 6.02. The zero-order chi connectivity index (χ0) is 9.68. The molecular formula is C10H10O3. The number of rotatable bonds is 1. The molecule has 68 valence electrons. The van der Waals surface area contributed by atoms with Gasteiger partial charge in [0.2, 0.25) is 5.78 Å². The van der Waals surface area contributed by atoms with Crippen LogP contribution in [0.1, 0.15) is 19.3 Å². The number of carboxylic acids is 1. The quantitative estimate of drug-likeness (QED) is 0.370. The van der Waals surface area contributed by atoms with E-state index in [1.54, 1.807) is 0 Å². The van der Waals surface area contributed by atoms with Crippen molar-refractivity contribution in [1.29, 1.82) is 0 Å². The van der Waals surface area contributed by atoms with Gasteiger partial charge in [0.05, 0.1) is 0 Å². The highest BCUT2D eigenvalue weighted by Gasteiger charge is 2.16. The third-order valence-corrected chi connectivity index (χ3v) is 1.93. The van der Waals surface area contributed by atoms with E-state index < -0.39 is 5.97 Å². The highest BCUT2D eigenvalue weighted by Crippen LogP contribution is 2.18. The van der Waals surface area contributed by atoms with Crippen LogP contribution in [0, 0.1) is 17.8 Å². The summed E-state index contributed by atoms with van der Waals surface area (Å²) in [4.78, 5) is 21.3. The van der Waals surface area contributed by atoms with Crippen molar-refractivity contribution in [2.24, 2.45) is 5.92 Å². The summed E-state index contributed by atoms with van der Waals surface area (Å²) in [6, 6.07) is 0. The van der Waals surface area contributed by atoms with E-state index in [1.165, 1.54) is 0 Å². The molecule has 13 heavy (non-hydrogen) atoms. The van der Waals surface area contributed by atoms with Crippen LogP contribution in [0.5, 0.6) is 0 Å². The fourth-order valence-corrected chi connectivity index (χ4v) is 1.25. The Bertz CT molecular complexity index is 304. The van der Waals surface area contributed by atoms with E-state index in [0.717, 1.165) is 12.8 Å². The van der Waals surface area contributed by atoms with Gasteiger partial charge in [0.15, 0.2) is 0 Å². The van der Waals surface area contributed by atoms with Gasteiger partial charge >= 0.3 is 5.97 Å². The van der Waals surface area contributed by atoms with Gasteiger partial charge in [-0.05, 0) is 25.2 Å². The Kier molecular flexibility index (Phi) is 3.27. The number of aliphatic carboxylic acids is 1. The van der Waals surface area contributed by atoms with Gasteiger partial charge in [0.25, 0.3) is 0 Å². The minimum atomic E-state index is -1.25. The Hall–Kier alpha value is -1.56. The van der Waals surface area contributed by atoms with Crippen LogP contribution < -0.4 is 0 Å². The van der Waals surface area contributed by atoms with Crippen molar-refractivity contribution >= 4 is 11.8 Å². The van der Waals surface area contributed by atoms with Crippen LogP contribution in [0.2, 0.25) is 0 Å². The van der Waals surface area contributed by atoms with Gasteiger partial charge in [-0.25, -0.2) is 4.79 Å². The highest BCUT2D eigenvalue weighted by atomic mass is 16.4. The molecule has 3 heteroatoms. The van der Waals surface area contributed by atoms with E-state index in [2.05, 4.69) is 5.92 Å². The van der Waals surface area contributed by atoms with Crippen LogP contribution in [0.25, 0.3) is 0 Å². The maximum atomic E-state index is 11.2. The molecule has 1 N–H and O–H groups in total. The SMILES string of the molecule is O=C(O)C#CC(=O)C1CC=CCC1. The largest absolute Gasteiger partial charge is 0.472 e. The van der Waals surface area contributed by atoms with E-state index in [0.29, 0.717) is 6.42 Å². The molecule has 1 unspecified atom stereocenters. The van der Waals surface area contributed by atoms with E-state index in [-0.39, 0.29) is 11.7 Å². The van der Waals surface area contributed by atoms with Gasteiger partial charge < -0.3 is 5.11 Å². The van der Waals surface area contributed by atoms with Crippen LogP contribution >= 0.6 is 0 Å². The number of hydrogen-bond acceptors (Lipinski definition) is 2. The first-order valence-corrected chi connectivity index (χ1v) is 4.14. The van der Waals surface area contributed by atoms with E-state index in [4.69, 9.17) is 5.11 Å². The lowest BCUT2D eigenvalue weighted by molar-refractivity contribution is -0.130. The molecule has 0 amide bonds. The molecular weight excluding hydrogens is 168 g/mol. The Morgan fingerprint density at radius 2 is 2.08 bits per heavy atom. The Balaban J connectivity index is 2.54. The predicted molar refractivity (Wildman–Crippen MR) is 46.9 cm³/mol. The standard InChI is InChI=1S/C10H10O3/c11-9(6-7-10(12)13)8-4-2-1-3-5-8/h1-2,8H,3-5H2,(H,12,13). The first kappa shape index (κ1) is 9.53. The van der Waals surface area contributed by atoms with E-state index in [1.807, 2.05) is 18.1 Å². The summed E-state index contributed by atoms with van der Waals surface area (Å²) in [6.07, 6.45) is 6.31. The first-order valence-electron chi connectivity index (χ1n) is 4.14. The smallest absolute Gasteiger partial charge is 0.382 e. The van der Waals surface area contributed by atoms with Crippen LogP contribution in [-0.2, 0) is 9.59 Å². The van der Waals surface area contributed by atoms with Crippen molar-refractivity contribution in [3.63, 3.8) is 0 Å². The van der Waals surface area contributed by atoms with Gasteiger partial charge in [-0.3, -0.25) is 4.79 Å². The lowest BCUT2D eigenvalue weighted by atomic mass is 9.91. The molecule has 0 radical (unpaired) electrons. The van der Waals surface area contributed by atoms with Crippen molar-refractivity contribution in [2.45, 2.75) is 19.3 Å². The van der Waals surface area contributed by atoms with Crippen LogP contribution in [0.15, 0.2) is 12.2 Å². The molecule has 1 aliphatic rings. The van der Waals surface area contributed by atoms with E-state index in [9.17, 15) is 9.59 Å². The zero-order valence-corrected chi connectivity index (χ0v) is 7.12. The zero-order valence-electron chi connectivity index (χ0n) is 7.12. The van der Waals surface area contributed by atoms with Crippen LogP contribution in [-0.4, -0.2) is 16.9 Å². The molecule has 3 nitrogen and oxygen atoms in total. The van der Waals surface area contributed by atoms with Crippen LogP contribution in [0.3, 0.4) is 0 Å². The fraction of sp³-hybridized carbons (Fsp3) is 0.400. The van der Waals surface area contributed by atoms with E-state index >= 15 is 0 Å². The first-order chi connectivity index (χ1) is 6.20. The number of ketones is 1. The summed E-state index contributed by atoms with van der Waals surface area (Å²) in [5, 5.41) is 8.22. The Morgan fingerprint density at radius 3 is 2.62 bits per heavy atom. The average molecular weight is 178 g/mol. The molecule has 0 bridgehead atoms. The molecule has 1 aliphatic carbocycles. The number of Topliss-reactive ketones (excluding diaryl/α,β-unsaturated/α-hetero) is 1. The fourth-order valence-electron chi connectivity index (χ4n) is 1.25. The van der Waals surface area contributed by atoms with Crippen molar-refractivity contribution in [3.8, 4) is 11.8 Å². The Labute approximate surface area is 76.4 Å². The molecule has 0 saturated heterocycles. The summed E-state index contributed by atoms with van der Waals surface area (Å²) >= 11 is 0. The summed E-state index contributed by atoms with van der Waals surface area (Å²) in [5.41, 5.74) is 0. The number of allylic oxidation sites excluding steroid dienone is 2. The average Bonchev–Trinajstić information content (AvgIpc) is 2.15. The molecule has 1 rings (SSSR count). The monoisotopic (exact) mass is 178 g/mol. The van der Waals surface area contributed by atoms with Crippen LogP contribution in [0.4, 0.5) is 0 Å². The Morgan fingerprint density at radius 1 is 1.31 bits per heavy atom. The number of carbonyl (C=O) groups is 2. The van der Waals surface area contributed by atoms with Crippen molar-refractivity contribution in [3.05, 3.63) is 12.2 Å². The molecule has 0 aliphatic heterocycles. The van der Waals surface area contributed by atoms with Crippen molar-refractivity contribution < 1.29 is 14.7 Å². The lowest BCUT2D eigenvalue weighted by Crippen LogP contribution is -2.13. The summed E-state index contributed by atoms with van der Waals surface area (Å²) in [5.74, 6) is 2.36.